The topological polar surface area (TPSA) is 85.4 Å². The predicted molar refractivity (Wildman–Crippen MR) is 130 cm³/mol. The van der Waals surface area contributed by atoms with Gasteiger partial charge in [0.25, 0.3) is 5.91 Å². The lowest BCUT2D eigenvalue weighted by Gasteiger charge is -2.32. The number of ether oxygens (including phenoxy) is 3. The second-order valence-corrected chi connectivity index (χ2v) is 9.42. The zero-order valence-corrected chi connectivity index (χ0v) is 20.8. The van der Waals surface area contributed by atoms with Gasteiger partial charge in [-0.25, -0.2) is 0 Å². The first-order chi connectivity index (χ1) is 16.9. The van der Waals surface area contributed by atoms with Gasteiger partial charge in [0.15, 0.2) is 0 Å². The van der Waals surface area contributed by atoms with Gasteiger partial charge >= 0.3 is 0 Å². The molecule has 1 saturated heterocycles. The Balaban J connectivity index is 1.18. The summed E-state index contributed by atoms with van der Waals surface area (Å²) in [5, 5.41) is 0. The van der Waals surface area contributed by atoms with Crippen LogP contribution >= 0.6 is 0 Å². The summed E-state index contributed by atoms with van der Waals surface area (Å²) >= 11 is 0. The highest BCUT2D eigenvalue weighted by Gasteiger charge is 2.41. The number of allylic oxidation sites excluding steroid dienone is 2. The fourth-order valence-corrected chi connectivity index (χ4v) is 5.02. The van der Waals surface area contributed by atoms with Crippen LogP contribution in [0.15, 0.2) is 46.9 Å². The fourth-order valence-electron chi connectivity index (χ4n) is 5.02. The average molecular weight is 483 g/mol. The van der Waals surface area contributed by atoms with E-state index in [0.717, 1.165) is 51.2 Å². The number of amides is 1. The van der Waals surface area contributed by atoms with Crippen molar-refractivity contribution in [3.63, 3.8) is 0 Å². The van der Waals surface area contributed by atoms with Crippen molar-refractivity contribution < 1.29 is 28.6 Å². The monoisotopic (exact) mass is 482 g/mol. The number of hydrogen-bond acceptors (Lipinski definition) is 7. The van der Waals surface area contributed by atoms with Crippen molar-refractivity contribution >= 4 is 17.5 Å². The second-order valence-electron chi connectivity index (χ2n) is 9.42. The number of nitrogens with zero attached hydrogens (tertiary/aromatic N) is 2. The number of hydrogen-bond donors (Lipinski definition) is 0. The van der Waals surface area contributed by atoms with Gasteiger partial charge in [-0.1, -0.05) is 0 Å². The Kier molecular flexibility index (Phi) is 7.90. The number of benzene rings is 1. The number of likely N-dealkylation sites (N-methyl/N-ethyl adjacent to an activating group) is 1. The van der Waals surface area contributed by atoms with Crippen LogP contribution in [-0.2, 0) is 19.1 Å². The molecule has 0 saturated carbocycles. The number of methoxy groups -OCH3 is 2. The first-order valence-electron chi connectivity index (χ1n) is 12.3. The van der Waals surface area contributed by atoms with Crippen LogP contribution in [0.2, 0.25) is 0 Å². The Morgan fingerprint density at radius 2 is 1.46 bits per heavy atom. The van der Waals surface area contributed by atoms with Gasteiger partial charge in [-0.15, -0.1) is 0 Å². The van der Waals surface area contributed by atoms with E-state index in [1.807, 2.05) is 29.2 Å². The molecule has 0 spiro atoms. The summed E-state index contributed by atoms with van der Waals surface area (Å²) in [7, 11) is 4.84. The lowest BCUT2D eigenvalue weighted by Crippen LogP contribution is -2.47. The van der Waals surface area contributed by atoms with Crippen molar-refractivity contribution in [2.45, 2.75) is 32.1 Å². The van der Waals surface area contributed by atoms with Crippen molar-refractivity contribution in [3.8, 4) is 5.75 Å². The van der Waals surface area contributed by atoms with Crippen LogP contribution in [0.3, 0.4) is 0 Å². The maximum absolute atomic E-state index is 12.7. The lowest BCUT2D eigenvalue weighted by molar-refractivity contribution is -0.121. The molecule has 8 heteroatoms. The maximum Gasteiger partial charge on any atom is 0.253 e. The predicted octanol–water partition coefficient (Wildman–Crippen LogP) is 2.99. The Morgan fingerprint density at radius 1 is 0.886 bits per heavy atom. The molecule has 1 amide bonds. The van der Waals surface area contributed by atoms with E-state index < -0.39 is 0 Å². The SMILES string of the molecule is COC1=C(OC)C(=O)C2=C(CC(CCCCOc3ccc(C(=O)N4CCN(C)CC4)cc3)C2)C1=O. The number of rotatable bonds is 9. The number of carbonyl (C=O) groups excluding carboxylic acids is 3. The molecule has 1 heterocycles. The van der Waals surface area contributed by atoms with Gasteiger partial charge < -0.3 is 24.0 Å². The molecule has 0 N–H and O–H groups in total. The molecule has 0 bridgehead atoms. The molecule has 3 aliphatic rings. The van der Waals surface area contributed by atoms with Crippen LogP contribution in [0, 0.1) is 5.92 Å². The van der Waals surface area contributed by atoms with Gasteiger partial charge in [0.1, 0.15) is 5.75 Å². The Hall–Kier alpha value is -3.13. The van der Waals surface area contributed by atoms with Crippen LogP contribution in [0.4, 0.5) is 0 Å². The van der Waals surface area contributed by atoms with Gasteiger partial charge in [0.2, 0.25) is 23.1 Å². The van der Waals surface area contributed by atoms with Gasteiger partial charge in [-0.3, -0.25) is 14.4 Å². The quantitative estimate of drug-likeness (QED) is 0.395. The van der Waals surface area contributed by atoms with Gasteiger partial charge in [0.05, 0.1) is 20.8 Å². The minimum absolute atomic E-state index is 0.0153. The summed E-state index contributed by atoms with van der Waals surface area (Å²) in [6, 6.07) is 7.36. The molecule has 1 aliphatic heterocycles. The summed E-state index contributed by atoms with van der Waals surface area (Å²) in [5.74, 6) is 0.670. The van der Waals surface area contributed by atoms with E-state index in [-0.39, 0.29) is 34.9 Å². The molecule has 35 heavy (non-hydrogen) atoms. The highest BCUT2D eigenvalue weighted by molar-refractivity contribution is 6.24. The molecular formula is C27H34N2O6. The van der Waals surface area contributed by atoms with Gasteiger partial charge in [-0.2, -0.15) is 0 Å². The van der Waals surface area contributed by atoms with Crippen LogP contribution in [0.25, 0.3) is 0 Å². The number of piperazine rings is 1. The number of unbranched alkanes of at least 4 members (excludes halogenated alkanes) is 1. The smallest absolute Gasteiger partial charge is 0.253 e. The summed E-state index contributed by atoms with van der Waals surface area (Å²) in [6.45, 7) is 3.89. The minimum Gasteiger partial charge on any atom is -0.494 e. The van der Waals surface area contributed by atoms with E-state index in [4.69, 9.17) is 14.2 Å². The van der Waals surface area contributed by atoms with Crippen molar-refractivity contribution in [2.24, 2.45) is 5.92 Å². The fraction of sp³-hybridized carbons (Fsp3) is 0.519. The second kappa shape index (κ2) is 11.1. The van der Waals surface area contributed by atoms with Crippen molar-refractivity contribution in [1.82, 2.24) is 9.80 Å². The van der Waals surface area contributed by atoms with E-state index in [1.54, 1.807) is 0 Å². The number of ketones is 2. The summed E-state index contributed by atoms with van der Waals surface area (Å²) in [6.07, 6.45) is 3.94. The average Bonchev–Trinajstić information content (AvgIpc) is 3.31. The molecular weight excluding hydrogens is 448 g/mol. The van der Waals surface area contributed by atoms with Crippen LogP contribution < -0.4 is 4.74 Å². The third kappa shape index (κ3) is 5.42. The highest BCUT2D eigenvalue weighted by Crippen LogP contribution is 2.41. The molecule has 2 aliphatic carbocycles. The van der Waals surface area contributed by atoms with E-state index in [1.165, 1.54) is 14.2 Å². The molecule has 0 aromatic heterocycles. The first kappa shape index (κ1) is 25.0. The van der Waals surface area contributed by atoms with Crippen molar-refractivity contribution in [1.29, 1.82) is 0 Å². The minimum atomic E-state index is -0.223. The zero-order chi connectivity index (χ0) is 24.9. The van der Waals surface area contributed by atoms with Gasteiger partial charge in [-0.05, 0) is 69.3 Å². The summed E-state index contributed by atoms with van der Waals surface area (Å²) < 4.78 is 16.1. The van der Waals surface area contributed by atoms with Gasteiger partial charge in [0, 0.05) is 42.9 Å². The van der Waals surface area contributed by atoms with Crippen LogP contribution in [0.1, 0.15) is 42.5 Å². The maximum atomic E-state index is 12.7. The zero-order valence-electron chi connectivity index (χ0n) is 20.8. The van der Waals surface area contributed by atoms with E-state index in [9.17, 15) is 14.4 Å². The number of Topliss-reactive ketones (excluding diaryl/α,β-unsaturated/α-hetero) is 2. The lowest BCUT2D eigenvalue weighted by atomic mass is 9.94. The molecule has 1 fully saturated rings. The molecule has 4 rings (SSSR count). The molecule has 0 atom stereocenters. The van der Waals surface area contributed by atoms with E-state index >= 15 is 0 Å². The largest absolute Gasteiger partial charge is 0.494 e. The highest BCUT2D eigenvalue weighted by atomic mass is 16.5. The first-order valence-corrected chi connectivity index (χ1v) is 12.3. The van der Waals surface area contributed by atoms with E-state index in [0.29, 0.717) is 36.2 Å². The van der Waals surface area contributed by atoms with Crippen molar-refractivity contribution in [3.05, 3.63) is 52.5 Å². The molecule has 0 radical (unpaired) electrons. The molecule has 1 aromatic rings. The summed E-state index contributed by atoms with van der Waals surface area (Å²) in [4.78, 5) is 42.1. The molecule has 8 nitrogen and oxygen atoms in total. The standard InChI is InChI=1S/C27H34N2O6/c1-28-11-13-29(14-12-28)27(32)19-7-9-20(10-8-19)35-15-5-4-6-18-16-21-22(17-18)24(31)26(34-3)25(33-2)23(21)30/h7-10,18H,4-6,11-17H2,1-3H3. The van der Waals surface area contributed by atoms with Crippen LogP contribution in [0.5, 0.6) is 5.75 Å². The normalized spacial score (nSPS) is 19.3. The molecule has 1 aromatic carbocycles. The van der Waals surface area contributed by atoms with E-state index in [2.05, 4.69) is 11.9 Å². The third-order valence-electron chi connectivity index (χ3n) is 7.09. The Morgan fingerprint density at radius 3 is 2.00 bits per heavy atom. The van der Waals surface area contributed by atoms with Crippen LogP contribution in [-0.4, -0.2) is 81.3 Å². The van der Waals surface area contributed by atoms with Crippen molar-refractivity contribution in [2.75, 3.05) is 54.1 Å². The summed E-state index contributed by atoms with van der Waals surface area (Å²) in [5.41, 5.74) is 1.85. The Labute approximate surface area is 206 Å². The third-order valence-corrected chi connectivity index (χ3v) is 7.09. The molecule has 188 valence electrons. The number of carbonyl (C=O) groups is 3. The Bertz CT molecular complexity index is 996. The molecule has 0 unspecified atom stereocenters.